The van der Waals surface area contributed by atoms with Crippen molar-refractivity contribution in [3.05, 3.63) is 0 Å². The van der Waals surface area contributed by atoms with Crippen LogP contribution in [0.15, 0.2) is 0 Å². The fourth-order valence-corrected chi connectivity index (χ4v) is 5.46. The van der Waals surface area contributed by atoms with Gasteiger partial charge in [0.25, 0.3) is 0 Å². The van der Waals surface area contributed by atoms with Gasteiger partial charge in [0, 0.05) is 5.92 Å². The Kier molecular flexibility index (Phi) is 2.57. The summed E-state index contributed by atoms with van der Waals surface area (Å²) in [5.41, 5.74) is 0. The predicted octanol–water partition coefficient (Wildman–Crippen LogP) is 2.88. The molecule has 0 aromatic carbocycles. The molecule has 2 fully saturated rings. The van der Waals surface area contributed by atoms with Gasteiger partial charge < -0.3 is 0 Å². The largest absolute Gasteiger partial charge is 0.198 e. The standard InChI is InChI=1S/C9H13NS2/c10-7-8-2-3-9(6-8)11-4-1-5-12-9/h8H,1-6H2/t8-/m1/s1. The summed E-state index contributed by atoms with van der Waals surface area (Å²) < 4.78 is 0.457. The van der Waals surface area contributed by atoms with Crippen molar-refractivity contribution in [3.63, 3.8) is 0 Å². The highest BCUT2D eigenvalue weighted by Crippen LogP contribution is 2.54. The highest BCUT2D eigenvalue weighted by atomic mass is 32.2. The lowest BCUT2D eigenvalue weighted by molar-refractivity contribution is 0.697. The molecule has 0 bridgehead atoms. The minimum Gasteiger partial charge on any atom is -0.198 e. The van der Waals surface area contributed by atoms with Crippen molar-refractivity contribution >= 4 is 23.5 Å². The third-order valence-electron chi connectivity index (χ3n) is 2.63. The molecule has 1 aliphatic carbocycles. The molecule has 3 heteroatoms. The molecular formula is C9H13NS2. The maximum absolute atomic E-state index is 8.81. The molecule has 1 heterocycles. The van der Waals surface area contributed by atoms with Crippen molar-refractivity contribution in [2.75, 3.05) is 11.5 Å². The SMILES string of the molecule is N#C[C@@H]1CCC2(C1)SCCCS2. The van der Waals surface area contributed by atoms with Crippen LogP contribution in [-0.2, 0) is 0 Å². The van der Waals surface area contributed by atoms with Crippen LogP contribution in [0.5, 0.6) is 0 Å². The Morgan fingerprint density at radius 3 is 2.67 bits per heavy atom. The maximum atomic E-state index is 8.81. The molecule has 1 atom stereocenters. The summed E-state index contributed by atoms with van der Waals surface area (Å²) in [6.45, 7) is 0. The summed E-state index contributed by atoms with van der Waals surface area (Å²) in [5, 5.41) is 8.81. The number of hydrogen-bond donors (Lipinski definition) is 0. The molecule has 2 rings (SSSR count). The molecule has 2 aliphatic rings. The average Bonchev–Trinajstić information content (AvgIpc) is 2.50. The van der Waals surface area contributed by atoms with Gasteiger partial charge in [0.15, 0.2) is 0 Å². The monoisotopic (exact) mass is 199 g/mol. The second-order valence-electron chi connectivity index (χ2n) is 3.53. The molecule has 12 heavy (non-hydrogen) atoms. The normalized spacial score (nSPS) is 33.4. The zero-order valence-corrected chi connectivity index (χ0v) is 8.72. The van der Waals surface area contributed by atoms with Crippen LogP contribution in [-0.4, -0.2) is 15.6 Å². The summed E-state index contributed by atoms with van der Waals surface area (Å²) in [6, 6.07) is 2.41. The van der Waals surface area contributed by atoms with Crippen molar-refractivity contribution in [1.82, 2.24) is 0 Å². The first-order valence-electron chi connectivity index (χ1n) is 4.52. The van der Waals surface area contributed by atoms with Crippen molar-refractivity contribution in [3.8, 4) is 6.07 Å². The lowest BCUT2D eigenvalue weighted by Crippen LogP contribution is -2.21. The van der Waals surface area contributed by atoms with Crippen molar-refractivity contribution < 1.29 is 0 Å². The van der Waals surface area contributed by atoms with Gasteiger partial charge in [0.05, 0.1) is 10.1 Å². The van der Waals surface area contributed by atoms with Crippen LogP contribution in [0.2, 0.25) is 0 Å². The lowest BCUT2D eigenvalue weighted by atomic mass is 10.1. The van der Waals surface area contributed by atoms with Crippen LogP contribution in [0.4, 0.5) is 0 Å². The van der Waals surface area contributed by atoms with Gasteiger partial charge in [-0.25, -0.2) is 0 Å². The third-order valence-corrected chi connectivity index (χ3v) is 6.12. The molecule has 0 amide bonds. The number of nitriles is 1. The molecule has 0 aromatic heterocycles. The maximum Gasteiger partial charge on any atom is 0.0656 e. The van der Waals surface area contributed by atoms with E-state index in [4.69, 9.17) is 5.26 Å². The predicted molar refractivity (Wildman–Crippen MR) is 55.2 cm³/mol. The Morgan fingerprint density at radius 1 is 1.33 bits per heavy atom. The van der Waals surface area contributed by atoms with E-state index in [0.29, 0.717) is 10.00 Å². The Morgan fingerprint density at radius 2 is 2.08 bits per heavy atom. The second-order valence-corrected chi connectivity index (χ2v) is 6.75. The van der Waals surface area contributed by atoms with E-state index in [1.54, 1.807) is 0 Å². The Hall–Kier alpha value is 0.190. The first kappa shape index (κ1) is 8.77. The van der Waals surface area contributed by atoms with Gasteiger partial charge in [0.1, 0.15) is 0 Å². The second kappa shape index (κ2) is 3.51. The van der Waals surface area contributed by atoms with Crippen LogP contribution in [0, 0.1) is 17.2 Å². The summed E-state index contributed by atoms with van der Waals surface area (Å²) in [4.78, 5) is 0. The summed E-state index contributed by atoms with van der Waals surface area (Å²) >= 11 is 4.21. The lowest BCUT2D eigenvalue weighted by Gasteiger charge is -2.31. The molecule has 0 unspecified atom stereocenters. The zero-order valence-electron chi connectivity index (χ0n) is 7.08. The number of nitrogens with zero attached hydrogens (tertiary/aromatic N) is 1. The molecular weight excluding hydrogens is 186 g/mol. The van der Waals surface area contributed by atoms with Crippen LogP contribution >= 0.6 is 23.5 Å². The van der Waals surface area contributed by atoms with Crippen LogP contribution < -0.4 is 0 Å². The van der Waals surface area contributed by atoms with Gasteiger partial charge in [-0.05, 0) is 37.2 Å². The van der Waals surface area contributed by atoms with Gasteiger partial charge in [-0.2, -0.15) is 5.26 Å². The van der Waals surface area contributed by atoms with Crippen molar-refractivity contribution in [2.45, 2.75) is 29.8 Å². The third kappa shape index (κ3) is 1.60. The van der Waals surface area contributed by atoms with E-state index < -0.39 is 0 Å². The van der Waals surface area contributed by atoms with Gasteiger partial charge in [-0.15, -0.1) is 23.5 Å². The Bertz CT molecular complexity index is 203. The number of hydrogen-bond acceptors (Lipinski definition) is 3. The topological polar surface area (TPSA) is 23.8 Å². The zero-order chi connectivity index (χ0) is 8.44. The smallest absolute Gasteiger partial charge is 0.0656 e. The molecule has 1 nitrogen and oxygen atoms in total. The van der Waals surface area contributed by atoms with E-state index >= 15 is 0 Å². The van der Waals surface area contributed by atoms with Crippen LogP contribution in [0.25, 0.3) is 0 Å². The highest BCUT2D eigenvalue weighted by Gasteiger charge is 2.41. The fourth-order valence-electron chi connectivity index (χ4n) is 1.96. The van der Waals surface area contributed by atoms with E-state index in [2.05, 4.69) is 29.6 Å². The van der Waals surface area contributed by atoms with Crippen LogP contribution in [0.1, 0.15) is 25.7 Å². The number of rotatable bonds is 0. The molecule has 0 N–H and O–H groups in total. The minimum atomic E-state index is 0.350. The van der Waals surface area contributed by atoms with Gasteiger partial charge in [0.2, 0.25) is 0 Å². The van der Waals surface area contributed by atoms with E-state index in [0.717, 1.165) is 12.8 Å². The quantitative estimate of drug-likeness (QED) is 0.599. The molecule has 66 valence electrons. The molecule has 1 saturated carbocycles. The average molecular weight is 199 g/mol. The van der Waals surface area contributed by atoms with Crippen molar-refractivity contribution in [1.29, 1.82) is 5.26 Å². The summed E-state index contributed by atoms with van der Waals surface area (Å²) in [7, 11) is 0. The van der Waals surface area contributed by atoms with Gasteiger partial charge in [-0.3, -0.25) is 0 Å². The first-order chi connectivity index (χ1) is 5.85. The first-order valence-corrected chi connectivity index (χ1v) is 6.49. The fraction of sp³-hybridized carbons (Fsp3) is 0.889. The Balaban J connectivity index is 1.99. The Labute approximate surface area is 82.3 Å². The molecule has 0 aromatic rings. The van der Waals surface area contributed by atoms with E-state index in [-0.39, 0.29) is 0 Å². The van der Waals surface area contributed by atoms with E-state index in [9.17, 15) is 0 Å². The molecule has 1 aliphatic heterocycles. The van der Waals surface area contributed by atoms with Gasteiger partial charge in [-0.1, -0.05) is 0 Å². The molecule has 1 saturated heterocycles. The minimum absolute atomic E-state index is 0.350. The summed E-state index contributed by atoms with van der Waals surface area (Å²) in [5.74, 6) is 2.97. The van der Waals surface area contributed by atoms with E-state index in [1.165, 1.54) is 24.3 Å². The highest BCUT2D eigenvalue weighted by molar-refractivity contribution is 8.18. The number of thioether (sulfide) groups is 2. The summed E-state index contributed by atoms with van der Waals surface area (Å²) in [6.07, 6.45) is 4.89. The van der Waals surface area contributed by atoms with Gasteiger partial charge >= 0.3 is 0 Å². The van der Waals surface area contributed by atoms with E-state index in [1.807, 2.05) is 0 Å². The van der Waals surface area contributed by atoms with Crippen LogP contribution in [0.3, 0.4) is 0 Å². The van der Waals surface area contributed by atoms with Crippen molar-refractivity contribution in [2.24, 2.45) is 5.92 Å². The molecule has 0 radical (unpaired) electrons. The molecule has 1 spiro atoms.